The van der Waals surface area contributed by atoms with Crippen molar-refractivity contribution in [2.45, 2.75) is 18.2 Å². The van der Waals surface area contributed by atoms with E-state index in [1.54, 1.807) is 12.1 Å². The molecule has 0 radical (unpaired) electrons. The summed E-state index contributed by atoms with van der Waals surface area (Å²) < 4.78 is 33.6. The first kappa shape index (κ1) is 17.0. The van der Waals surface area contributed by atoms with Crippen molar-refractivity contribution in [3.8, 4) is 0 Å². The highest BCUT2D eigenvalue weighted by Crippen LogP contribution is 2.22. The molecule has 0 saturated carbocycles. The molecule has 0 spiro atoms. The molecule has 130 valence electrons. The van der Waals surface area contributed by atoms with E-state index in [1.807, 2.05) is 19.1 Å². The smallest absolute Gasteiger partial charge is 0.372 e. The summed E-state index contributed by atoms with van der Waals surface area (Å²) in [6.07, 6.45) is 0.669. The number of sulfonamides is 1. The number of nitrogens with one attached hydrogen (secondary N) is 1. The highest BCUT2D eigenvalue weighted by atomic mass is 32.2. The highest BCUT2D eigenvalue weighted by Gasteiger charge is 2.18. The molecular weight excluding hydrogens is 344 g/mol. The molecule has 0 unspecified atom stereocenters. The number of para-hydroxylation sites is 1. The molecule has 0 saturated heterocycles. The van der Waals surface area contributed by atoms with E-state index in [0.717, 1.165) is 10.1 Å². The van der Waals surface area contributed by atoms with Gasteiger partial charge in [-0.05, 0) is 36.2 Å². The lowest BCUT2D eigenvalue weighted by Crippen LogP contribution is -2.23. The van der Waals surface area contributed by atoms with Crippen LogP contribution in [0, 0.1) is 0 Å². The summed E-state index contributed by atoms with van der Waals surface area (Å²) in [6.45, 7) is 1.93. The third-order valence-corrected chi connectivity index (χ3v) is 5.32. The molecule has 2 aromatic carbocycles. The number of aromatic nitrogens is 1. The van der Waals surface area contributed by atoms with Gasteiger partial charge in [0, 0.05) is 7.05 Å². The van der Waals surface area contributed by atoms with E-state index in [1.165, 1.54) is 25.2 Å². The van der Waals surface area contributed by atoms with E-state index >= 15 is 0 Å². The maximum absolute atomic E-state index is 12.7. The average molecular weight is 360 g/mol. The SMILES string of the molecule is CCc1ccccc1NS(=O)(=O)c1ccc2c(c1)c(=O)oc(=O)n2C. The highest BCUT2D eigenvalue weighted by molar-refractivity contribution is 7.92. The van der Waals surface area contributed by atoms with Crippen molar-refractivity contribution in [1.82, 2.24) is 4.57 Å². The van der Waals surface area contributed by atoms with Gasteiger partial charge in [-0.15, -0.1) is 0 Å². The normalized spacial score (nSPS) is 11.6. The lowest BCUT2D eigenvalue weighted by molar-refractivity contribution is 0.432. The van der Waals surface area contributed by atoms with E-state index in [0.29, 0.717) is 17.6 Å². The third-order valence-electron chi connectivity index (χ3n) is 3.96. The molecule has 1 heterocycles. The van der Waals surface area contributed by atoms with Crippen LogP contribution < -0.4 is 16.1 Å². The van der Waals surface area contributed by atoms with Crippen molar-refractivity contribution < 1.29 is 12.8 Å². The zero-order valence-corrected chi connectivity index (χ0v) is 14.5. The third kappa shape index (κ3) is 3.08. The second-order valence-corrected chi connectivity index (χ2v) is 7.19. The maximum Gasteiger partial charge on any atom is 0.422 e. The Morgan fingerprint density at radius 2 is 1.84 bits per heavy atom. The van der Waals surface area contributed by atoms with Crippen LogP contribution >= 0.6 is 0 Å². The minimum Gasteiger partial charge on any atom is -0.372 e. The Morgan fingerprint density at radius 1 is 1.12 bits per heavy atom. The van der Waals surface area contributed by atoms with E-state index in [2.05, 4.69) is 9.14 Å². The number of aryl methyl sites for hydroxylation is 2. The number of fused-ring (bicyclic) bond motifs is 1. The van der Waals surface area contributed by atoms with Crippen LogP contribution in [0.4, 0.5) is 5.69 Å². The predicted molar refractivity (Wildman–Crippen MR) is 94.4 cm³/mol. The van der Waals surface area contributed by atoms with Crippen molar-refractivity contribution >= 4 is 26.6 Å². The fourth-order valence-corrected chi connectivity index (χ4v) is 3.70. The van der Waals surface area contributed by atoms with E-state index < -0.39 is 21.4 Å². The summed E-state index contributed by atoms with van der Waals surface area (Å²) in [5.74, 6) is -0.803. The first-order valence-electron chi connectivity index (χ1n) is 7.58. The molecule has 25 heavy (non-hydrogen) atoms. The molecule has 0 atom stereocenters. The second-order valence-electron chi connectivity index (χ2n) is 5.51. The summed E-state index contributed by atoms with van der Waals surface area (Å²) in [5.41, 5.74) is 0.768. The predicted octanol–water partition coefficient (Wildman–Crippen LogP) is 1.85. The largest absolute Gasteiger partial charge is 0.422 e. The monoisotopic (exact) mass is 360 g/mol. The van der Waals surface area contributed by atoms with Gasteiger partial charge in [0.1, 0.15) is 0 Å². The Labute approximate surface area is 143 Å². The summed E-state index contributed by atoms with van der Waals surface area (Å²) in [4.78, 5) is 23.3. The fourth-order valence-electron chi connectivity index (χ4n) is 2.57. The van der Waals surface area contributed by atoms with Gasteiger partial charge in [0.15, 0.2) is 0 Å². The van der Waals surface area contributed by atoms with E-state index in [9.17, 15) is 18.0 Å². The number of hydrogen-bond donors (Lipinski definition) is 1. The minimum absolute atomic E-state index is 0.0220. The maximum atomic E-state index is 12.7. The van der Waals surface area contributed by atoms with Crippen LogP contribution in [0.15, 0.2) is 61.4 Å². The van der Waals surface area contributed by atoms with Gasteiger partial charge < -0.3 is 4.42 Å². The number of rotatable bonds is 4. The van der Waals surface area contributed by atoms with Gasteiger partial charge >= 0.3 is 11.4 Å². The Balaban J connectivity index is 2.12. The topological polar surface area (TPSA) is 98.4 Å². The molecule has 0 bridgehead atoms. The summed E-state index contributed by atoms with van der Waals surface area (Å²) in [5, 5.41) is 0.0220. The molecule has 3 aromatic rings. The van der Waals surface area contributed by atoms with Gasteiger partial charge in [0.25, 0.3) is 10.0 Å². The molecule has 1 aromatic heterocycles. The van der Waals surface area contributed by atoms with Crippen molar-refractivity contribution in [2.75, 3.05) is 4.72 Å². The first-order chi connectivity index (χ1) is 11.8. The van der Waals surface area contributed by atoms with Crippen LogP contribution in [0.1, 0.15) is 12.5 Å². The Kier molecular flexibility index (Phi) is 4.22. The number of benzene rings is 2. The fraction of sp³-hybridized carbons (Fsp3) is 0.176. The van der Waals surface area contributed by atoms with Crippen molar-refractivity contribution in [3.05, 3.63) is 69.0 Å². The molecule has 0 aliphatic carbocycles. The van der Waals surface area contributed by atoms with Gasteiger partial charge in [0.2, 0.25) is 0 Å². The first-order valence-corrected chi connectivity index (χ1v) is 9.06. The van der Waals surface area contributed by atoms with Gasteiger partial charge in [-0.1, -0.05) is 25.1 Å². The van der Waals surface area contributed by atoms with Gasteiger partial charge in [-0.25, -0.2) is 18.0 Å². The molecule has 7 nitrogen and oxygen atoms in total. The van der Waals surface area contributed by atoms with Gasteiger partial charge in [-0.3, -0.25) is 9.29 Å². The molecule has 0 aliphatic rings. The summed E-state index contributed by atoms with van der Waals surface area (Å²) >= 11 is 0. The van der Waals surface area contributed by atoms with E-state index in [-0.39, 0.29) is 10.3 Å². The van der Waals surface area contributed by atoms with Crippen LogP contribution in [0.3, 0.4) is 0 Å². The quantitative estimate of drug-likeness (QED) is 0.766. The summed E-state index contributed by atoms with van der Waals surface area (Å²) in [6, 6.07) is 11.0. The number of nitrogens with zero attached hydrogens (tertiary/aromatic N) is 1. The minimum atomic E-state index is -3.90. The van der Waals surface area contributed by atoms with Crippen LogP contribution in [0.2, 0.25) is 0 Å². The zero-order chi connectivity index (χ0) is 18.2. The number of anilines is 1. The van der Waals surface area contributed by atoms with Crippen LogP contribution in [-0.2, 0) is 23.5 Å². The zero-order valence-electron chi connectivity index (χ0n) is 13.6. The van der Waals surface area contributed by atoms with Crippen LogP contribution in [0.25, 0.3) is 10.9 Å². The molecule has 0 amide bonds. The Hall–Kier alpha value is -2.87. The van der Waals surface area contributed by atoms with Crippen molar-refractivity contribution in [3.63, 3.8) is 0 Å². The van der Waals surface area contributed by atoms with E-state index in [4.69, 9.17) is 0 Å². The van der Waals surface area contributed by atoms with Gasteiger partial charge in [0.05, 0.1) is 21.5 Å². The molecular formula is C17H16N2O5S. The molecule has 3 rings (SSSR count). The summed E-state index contributed by atoms with van der Waals surface area (Å²) in [7, 11) is -2.45. The van der Waals surface area contributed by atoms with Crippen LogP contribution in [0.5, 0.6) is 0 Å². The van der Waals surface area contributed by atoms with Crippen LogP contribution in [-0.4, -0.2) is 13.0 Å². The van der Waals surface area contributed by atoms with Crippen molar-refractivity contribution in [2.24, 2.45) is 7.05 Å². The second kappa shape index (κ2) is 6.21. The lowest BCUT2D eigenvalue weighted by Gasteiger charge is -2.12. The van der Waals surface area contributed by atoms with Gasteiger partial charge in [-0.2, -0.15) is 0 Å². The number of hydrogen-bond acceptors (Lipinski definition) is 5. The molecule has 0 fully saturated rings. The Bertz CT molecular complexity index is 1180. The molecule has 1 N–H and O–H groups in total. The lowest BCUT2D eigenvalue weighted by atomic mass is 10.1. The molecule has 8 heteroatoms. The molecule has 0 aliphatic heterocycles. The standard InChI is InChI=1S/C17H16N2O5S/c1-3-11-6-4-5-7-14(11)18-25(22,23)12-8-9-15-13(10-12)16(20)24-17(21)19(15)2/h4-10,18H,3H2,1-2H3. The Morgan fingerprint density at radius 3 is 2.56 bits per heavy atom. The average Bonchev–Trinajstić information content (AvgIpc) is 2.59. The van der Waals surface area contributed by atoms with Crippen molar-refractivity contribution in [1.29, 1.82) is 0 Å².